The van der Waals surface area contributed by atoms with Gasteiger partial charge in [-0.25, -0.2) is 0 Å². The highest BCUT2D eigenvalue weighted by Crippen LogP contribution is 2.19. The Morgan fingerprint density at radius 1 is 0.321 bits per heavy atom. The minimum absolute atomic E-state index is 0.0177. The average molecular weight is 1180 g/mol. The number of carbonyl (C=O) groups is 2. The third kappa shape index (κ3) is 69.4. The topological polar surface area (TPSA) is 95.9 Å². The number of hydrogen-bond donors (Lipinski definition) is 3. The van der Waals surface area contributed by atoms with E-state index in [1.807, 2.05) is 0 Å². The smallest absolute Gasteiger partial charge is 0.305 e. The highest BCUT2D eigenvalue weighted by atomic mass is 16.5. The van der Waals surface area contributed by atoms with Crippen LogP contribution >= 0.6 is 0 Å². The Labute approximate surface area is 526 Å². The largest absolute Gasteiger partial charge is 0.466 e. The predicted octanol–water partition coefficient (Wildman–Crippen LogP) is 25.3. The first-order chi connectivity index (χ1) is 41.5. The predicted molar refractivity (Wildman–Crippen MR) is 370 cm³/mol. The van der Waals surface area contributed by atoms with Crippen LogP contribution in [-0.4, -0.2) is 47.4 Å². The van der Waals surface area contributed by atoms with Gasteiger partial charge < -0.3 is 20.3 Å². The summed E-state index contributed by atoms with van der Waals surface area (Å²) in [6.45, 7) is 5.00. The number of aliphatic hydroxyl groups is 2. The van der Waals surface area contributed by atoms with Crippen molar-refractivity contribution in [3.8, 4) is 0 Å². The number of allylic oxidation sites excluding steroid dienone is 4. The van der Waals surface area contributed by atoms with E-state index in [2.05, 4.69) is 43.5 Å². The molecular weight excluding hydrogens is 1030 g/mol. The van der Waals surface area contributed by atoms with Gasteiger partial charge in [0.15, 0.2) is 0 Å². The first-order valence-corrected chi connectivity index (χ1v) is 38.6. The zero-order valence-corrected chi connectivity index (χ0v) is 57.2. The second-order valence-corrected chi connectivity index (χ2v) is 26.7. The van der Waals surface area contributed by atoms with E-state index in [0.717, 1.165) is 38.5 Å². The van der Waals surface area contributed by atoms with E-state index in [4.69, 9.17) is 4.74 Å². The maximum Gasteiger partial charge on any atom is 0.305 e. The van der Waals surface area contributed by atoms with Crippen molar-refractivity contribution < 1.29 is 24.5 Å². The van der Waals surface area contributed by atoms with Gasteiger partial charge in [0, 0.05) is 12.8 Å². The molecule has 3 N–H and O–H groups in total. The third-order valence-corrected chi connectivity index (χ3v) is 18.2. The molecule has 0 aromatic carbocycles. The molecule has 498 valence electrons. The molecule has 0 spiro atoms. The van der Waals surface area contributed by atoms with Crippen molar-refractivity contribution in [2.24, 2.45) is 0 Å². The van der Waals surface area contributed by atoms with Gasteiger partial charge in [-0.2, -0.15) is 0 Å². The van der Waals surface area contributed by atoms with Crippen LogP contribution in [0.5, 0.6) is 0 Å². The molecule has 0 radical (unpaired) electrons. The van der Waals surface area contributed by atoms with E-state index in [9.17, 15) is 19.8 Å². The van der Waals surface area contributed by atoms with Crippen molar-refractivity contribution in [2.75, 3.05) is 13.2 Å². The number of ether oxygens (including phenoxy) is 1. The van der Waals surface area contributed by atoms with E-state index in [1.165, 1.54) is 366 Å². The second kappa shape index (κ2) is 73.8. The summed E-state index contributed by atoms with van der Waals surface area (Å²) in [6.07, 6.45) is 94.0. The lowest BCUT2D eigenvalue weighted by atomic mass is 10.0. The standard InChI is InChI=1S/C78H151NO5/c1-3-5-7-9-11-13-15-17-19-21-35-40-44-48-52-56-60-64-68-72-78(83)84-73-69-65-61-57-53-49-45-41-37-34-32-30-28-26-24-23-25-27-29-31-33-36-39-43-47-51-55-59-63-67-71-77(82)79-75(74-80)76(81)70-66-62-58-54-50-46-42-38-22-20-18-16-14-12-10-8-6-4-2/h17,19,24,26,75-76,80-81H,3-16,18,20-23,25,27-74H2,1-2H3,(H,79,82)/b19-17-,26-24-. The Morgan fingerprint density at radius 2 is 0.560 bits per heavy atom. The van der Waals surface area contributed by atoms with Gasteiger partial charge in [0.05, 0.1) is 25.4 Å². The molecule has 6 nitrogen and oxygen atoms in total. The van der Waals surface area contributed by atoms with Crippen LogP contribution in [-0.2, 0) is 14.3 Å². The lowest BCUT2D eigenvalue weighted by Crippen LogP contribution is -2.45. The second-order valence-electron chi connectivity index (χ2n) is 26.7. The fourth-order valence-corrected chi connectivity index (χ4v) is 12.3. The molecule has 0 heterocycles. The van der Waals surface area contributed by atoms with Crippen LogP contribution in [0.25, 0.3) is 0 Å². The van der Waals surface area contributed by atoms with Crippen molar-refractivity contribution in [1.82, 2.24) is 5.32 Å². The normalized spacial score (nSPS) is 12.6. The van der Waals surface area contributed by atoms with Crippen LogP contribution in [0.2, 0.25) is 0 Å². The molecule has 0 aromatic rings. The summed E-state index contributed by atoms with van der Waals surface area (Å²) in [6, 6.07) is -0.541. The van der Waals surface area contributed by atoms with E-state index in [0.29, 0.717) is 25.9 Å². The molecule has 84 heavy (non-hydrogen) atoms. The Balaban J connectivity index is 3.35. The van der Waals surface area contributed by atoms with Crippen LogP contribution in [0.3, 0.4) is 0 Å². The summed E-state index contributed by atoms with van der Waals surface area (Å²) in [7, 11) is 0. The van der Waals surface area contributed by atoms with Crippen molar-refractivity contribution in [3.05, 3.63) is 24.3 Å². The van der Waals surface area contributed by atoms with Crippen molar-refractivity contribution >= 4 is 11.9 Å². The molecular formula is C78H151NO5. The van der Waals surface area contributed by atoms with Crippen molar-refractivity contribution in [1.29, 1.82) is 0 Å². The van der Waals surface area contributed by atoms with Gasteiger partial charge in [-0.05, 0) is 77.0 Å². The SMILES string of the molecule is CCCCCCCC/C=C\CCCCCCCCCCCC(=O)OCCCCCCCCCCCCCC/C=C\CCCCCCCCCCCCCCCCC(=O)NC(CO)C(O)CCCCCCCCCCCCCCCCCCCC. The Hall–Kier alpha value is -1.66. The van der Waals surface area contributed by atoms with Gasteiger partial charge >= 0.3 is 5.97 Å². The quantitative estimate of drug-likeness (QED) is 0.0320. The highest BCUT2D eigenvalue weighted by molar-refractivity contribution is 5.76. The molecule has 1 amide bonds. The average Bonchev–Trinajstić information content (AvgIpc) is 3.51. The summed E-state index contributed by atoms with van der Waals surface area (Å²) >= 11 is 0. The molecule has 0 saturated heterocycles. The van der Waals surface area contributed by atoms with Gasteiger partial charge in [0.1, 0.15) is 0 Å². The lowest BCUT2D eigenvalue weighted by molar-refractivity contribution is -0.143. The summed E-state index contributed by atoms with van der Waals surface area (Å²) in [5.74, 6) is -0.0114. The van der Waals surface area contributed by atoms with Gasteiger partial charge in [-0.3, -0.25) is 9.59 Å². The fourth-order valence-electron chi connectivity index (χ4n) is 12.3. The van der Waals surface area contributed by atoms with Crippen molar-refractivity contribution in [2.45, 2.75) is 450 Å². The molecule has 6 heteroatoms. The minimum Gasteiger partial charge on any atom is -0.466 e. The van der Waals surface area contributed by atoms with E-state index in [-0.39, 0.29) is 18.5 Å². The number of rotatable bonds is 73. The van der Waals surface area contributed by atoms with Crippen molar-refractivity contribution in [3.63, 3.8) is 0 Å². The van der Waals surface area contributed by atoms with E-state index < -0.39 is 12.1 Å². The number of esters is 1. The molecule has 0 aliphatic carbocycles. The van der Waals surface area contributed by atoms with Crippen LogP contribution in [0.15, 0.2) is 24.3 Å². The van der Waals surface area contributed by atoms with Gasteiger partial charge in [0.25, 0.3) is 0 Å². The summed E-state index contributed by atoms with van der Waals surface area (Å²) < 4.78 is 5.51. The Bertz CT molecular complexity index is 1320. The number of amides is 1. The summed E-state index contributed by atoms with van der Waals surface area (Å²) in [5.41, 5.74) is 0. The van der Waals surface area contributed by atoms with Crippen LogP contribution in [0.4, 0.5) is 0 Å². The number of nitrogens with one attached hydrogen (secondary N) is 1. The molecule has 0 fully saturated rings. The summed E-state index contributed by atoms with van der Waals surface area (Å²) in [5, 5.41) is 23.4. The highest BCUT2D eigenvalue weighted by Gasteiger charge is 2.20. The van der Waals surface area contributed by atoms with Gasteiger partial charge in [-0.15, -0.1) is 0 Å². The molecule has 0 bridgehead atoms. The van der Waals surface area contributed by atoms with Crippen LogP contribution < -0.4 is 5.32 Å². The maximum atomic E-state index is 12.5. The molecule has 0 aromatic heterocycles. The lowest BCUT2D eigenvalue weighted by Gasteiger charge is -2.22. The number of carbonyl (C=O) groups excluding carboxylic acids is 2. The number of hydrogen-bond acceptors (Lipinski definition) is 5. The van der Waals surface area contributed by atoms with Crippen LogP contribution in [0, 0.1) is 0 Å². The van der Waals surface area contributed by atoms with Gasteiger partial charge in [-0.1, -0.05) is 372 Å². The van der Waals surface area contributed by atoms with E-state index >= 15 is 0 Å². The number of unbranched alkanes of at least 4 members (excludes halogenated alkanes) is 58. The summed E-state index contributed by atoms with van der Waals surface area (Å²) in [4.78, 5) is 24.7. The first-order valence-electron chi connectivity index (χ1n) is 38.6. The molecule has 2 atom stereocenters. The monoisotopic (exact) mass is 1180 g/mol. The fraction of sp³-hybridized carbons (Fsp3) is 0.923. The molecule has 2 unspecified atom stereocenters. The zero-order chi connectivity index (χ0) is 60.6. The molecule has 0 rings (SSSR count). The Morgan fingerprint density at radius 3 is 0.845 bits per heavy atom. The van der Waals surface area contributed by atoms with Gasteiger partial charge in [0.2, 0.25) is 5.91 Å². The molecule has 0 aliphatic rings. The molecule has 0 saturated carbocycles. The van der Waals surface area contributed by atoms with Crippen LogP contribution in [0.1, 0.15) is 438 Å². The minimum atomic E-state index is -0.664. The van der Waals surface area contributed by atoms with E-state index in [1.54, 1.807) is 0 Å². The maximum absolute atomic E-state index is 12.5. The number of aliphatic hydroxyl groups excluding tert-OH is 2. The first kappa shape index (κ1) is 82.3. The molecule has 0 aliphatic heterocycles. The third-order valence-electron chi connectivity index (χ3n) is 18.2. The zero-order valence-electron chi connectivity index (χ0n) is 57.2. The Kier molecular flexibility index (Phi) is 72.3.